The van der Waals surface area contributed by atoms with E-state index in [0.29, 0.717) is 6.54 Å². The third-order valence-corrected chi connectivity index (χ3v) is 2.40. The fourth-order valence-corrected chi connectivity index (χ4v) is 1.59. The van der Waals surface area contributed by atoms with E-state index in [-0.39, 0.29) is 36.8 Å². The van der Waals surface area contributed by atoms with E-state index in [2.05, 4.69) is 16.0 Å². The van der Waals surface area contributed by atoms with Gasteiger partial charge in [0.25, 0.3) is 0 Å². The van der Waals surface area contributed by atoms with Crippen molar-refractivity contribution in [3.05, 3.63) is 30.3 Å². The highest BCUT2D eigenvalue weighted by atomic mass is 35.5. The molecule has 0 radical (unpaired) electrons. The zero-order valence-electron chi connectivity index (χ0n) is 9.31. The van der Waals surface area contributed by atoms with Gasteiger partial charge < -0.3 is 16.0 Å². The number of carbonyl (C=O) groups is 1. The molecule has 3 N–H and O–H groups in total. The summed E-state index contributed by atoms with van der Waals surface area (Å²) in [6.07, 6.45) is 0. The van der Waals surface area contributed by atoms with Crippen molar-refractivity contribution in [2.45, 2.75) is 6.04 Å². The molecule has 1 unspecified atom stereocenters. The topological polar surface area (TPSA) is 53.2 Å². The van der Waals surface area contributed by atoms with Crippen LogP contribution in [0, 0.1) is 0 Å². The molecule has 96 valence electrons. The summed E-state index contributed by atoms with van der Waals surface area (Å²) in [5.41, 5.74) is 0.842. The molecule has 6 heteroatoms. The van der Waals surface area contributed by atoms with E-state index >= 15 is 0 Å². The summed E-state index contributed by atoms with van der Waals surface area (Å²) in [6.45, 7) is 2.46. The largest absolute Gasteiger partial charge is 0.325 e. The molecule has 17 heavy (non-hydrogen) atoms. The average Bonchev–Trinajstić information content (AvgIpc) is 2.31. The molecule has 1 aromatic rings. The maximum absolute atomic E-state index is 11.8. The van der Waals surface area contributed by atoms with Crippen molar-refractivity contribution in [2.24, 2.45) is 0 Å². The summed E-state index contributed by atoms with van der Waals surface area (Å²) >= 11 is 0. The van der Waals surface area contributed by atoms with Crippen LogP contribution in [0.5, 0.6) is 0 Å². The molecule has 1 fully saturated rings. The van der Waals surface area contributed by atoms with Crippen LogP contribution in [0.3, 0.4) is 0 Å². The standard InChI is InChI=1S/C11H15N3O.2ClH/c15-11(10-8-12-6-7-13-10)14-9-4-2-1-3-5-9;;/h1-5,10,12-13H,6-8H2,(H,14,15);2*1H. The van der Waals surface area contributed by atoms with E-state index in [1.54, 1.807) is 0 Å². The van der Waals surface area contributed by atoms with Gasteiger partial charge in [-0.2, -0.15) is 0 Å². The van der Waals surface area contributed by atoms with E-state index in [4.69, 9.17) is 0 Å². The lowest BCUT2D eigenvalue weighted by atomic mass is 10.2. The minimum absolute atomic E-state index is 0. The lowest BCUT2D eigenvalue weighted by Crippen LogP contribution is -2.54. The minimum atomic E-state index is -0.126. The smallest absolute Gasteiger partial charge is 0.242 e. The SMILES string of the molecule is Cl.Cl.O=C(Nc1ccccc1)C1CNCCN1. The van der Waals surface area contributed by atoms with E-state index in [1.807, 2.05) is 30.3 Å². The number of nitrogens with one attached hydrogen (secondary N) is 3. The van der Waals surface area contributed by atoms with Gasteiger partial charge in [-0.3, -0.25) is 4.79 Å². The molecule has 1 aromatic carbocycles. The van der Waals surface area contributed by atoms with Crippen LogP contribution in [-0.4, -0.2) is 31.6 Å². The second kappa shape index (κ2) is 8.31. The molecule has 0 spiro atoms. The molecule has 1 amide bonds. The Morgan fingerprint density at radius 2 is 1.88 bits per heavy atom. The molecule has 1 aliphatic heterocycles. The van der Waals surface area contributed by atoms with Gasteiger partial charge in [0.2, 0.25) is 5.91 Å². The van der Waals surface area contributed by atoms with E-state index in [1.165, 1.54) is 0 Å². The summed E-state index contributed by atoms with van der Waals surface area (Å²) in [6, 6.07) is 9.38. The molecule has 1 heterocycles. The number of piperazine rings is 1. The Kier molecular flexibility index (Phi) is 7.91. The second-order valence-electron chi connectivity index (χ2n) is 3.57. The Hall–Kier alpha value is -0.810. The number of carbonyl (C=O) groups excluding carboxylic acids is 1. The average molecular weight is 278 g/mol. The number of amides is 1. The van der Waals surface area contributed by atoms with Gasteiger partial charge in [0, 0.05) is 25.3 Å². The van der Waals surface area contributed by atoms with Gasteiger partial charge >= 0.3 is 0 Å². The van der Waals surface area contributed by atoms with Crippen LogP contribution in [0.4, 0.5) is 5.69 Å². The highest BCUT2D eigenvalue weighted by molar-refractivity contribution is 5.95. The number of anilines is 1. The third-order valence-electron chi connectivity index (χ3n) is 2.40. The molecular formula is C11H17Cl2N3O. The highest BCUT2D eigenvalue weighted by Crippen LogP contribution is 2.05. The Bertz CT molecular complexity index is 329. The van der Waals surface area contributed by atoms with Gasteiger partial charge in [-0.15, -0.1) is 24.8 Å². The van der Waals surface area contributed by atoms with Crippen molar-refractivity contribution in [3.8, 4) is 0 Å². The van der Waals surface area contributed by atoms with Gasteiger partial charge in [-0.25, -0.2) is 0 Å². The fraction of sp³-hybridized carbons (Fsp3) is 0.364. The lowest BCUT2D eigenvalue weighted by molar-refractivity contribution is -0.118. The zero-order valence-corrected chi connectivity index (χ0v) is 10.9. The highest BCUT2D eigenvalue weighted by Gasteiger charge is 2.19. The maximum atomic E-state index is 11.8. The van der Waals surface area contributed by atoms with E-state index < -0.39 is 0 Å². The summed E-state index contributed by atoms with van der Waals surface area (Å²) in [7, 11) is 0. The number of hydrogen-bond acceptors (Lipinski definition) is 3. The summed E-state index contributed by atoms with van der Waals surface area (Å²) < 4.78 is 0. The van der Waals surface area contributed by atoms with Crippen LogP contribution in [0.15, 0.2) is 30.3 Å². The van der Waals surface area contributed by atoms with Gasteiger partial charge in [-0.05, 0) is 12.1 Å². The van der Waals surface area contributed by atoms with Crippen LogP contribution in [0.2, 0.25) is 0 Å². The van der Waals surface area contributed by atoms with Gasteiger partial charge in [-0.1, -0.05) is 18.2 Å². The first kappa shape index (κ1) is 16.2. The second-order valence-corrected chi connectivity index (χ2v) is 3.57. The number of para-hydroxylation sites is 1. The molecule has 2 rings (SSSR count). The van der Waals surface area contributed by atoms with Crippen molar-refractivity contribution < 1.29 is 4.79 Å². The van der Waals surface area contributed by atoms with Crippen LogP contribution >= 0.6 is 24.8 Å². The number of halogens is 2. The van der Waals surface area contributed by atoms with Gasteiger partial charge in [0.1, 0.15) is 0 Å². The molecule has 0 aromatic heterocycles. The van der Waals surface area contributed by atoms with Crippen molar-refractivity contribution in [1.29, 1.82) is 0 Å². The number of hydrogen-bond donors (Lipinski definition) is 3. The normalized spacial score (nSPS) is 18.5. The van der Waals surface area contributed by atoms with Crippen LogP contribution < -0.4 is 16.0 Å². The van der Waals surface area contributed by atoms with Crippen LogP contribution in [0.1, 0.15) is 0 Å². The van der Waals surface area contributed by atoms with Gasteiger partial charge in [0.15, 0.2) is 0 Å². The first-order valence-electron chi connectivity index (χ1n) is 5.16. The predicted molar refractivity (Wildman–Crippen MR) is 74.2 cm³/mol. The van der Waals surface area contributed by atoms with Crippen molar-refractivity contribution in [3.63, 3.8) is 0 Å². The Balaban J connectivity index is 0.00000128. The Morgan fingerprint density at radius 1 is 1.18 bits per heavy atom. The number of benzene rings is 1. The number of rotatable bonds is 2. The van der Waals surface area contributed by atoms with Crippen molar-refractivity contribution in [1.82, 2.24) is 10.6 Å². The lowest BCUT2D eigenvalue weighted by Gasteiger charge is -2.23. The fourth-order valence-electron chi connectivity index (χ4n) is 1.59. The Morgan fingerprint density at radius 3 is 2.47 bits per heavy atom. The molecule has 0 bridgehead atoms. The quantitative estimate of drug-likeness (QED) is 0.757. The third kappa shape index (κ3) is 4.91. The monoisotopic (exact) mass is 277 g/mol. The van der Waals surface area contributed by atoms with Crippen LogP contribution in [-0.2, 0) is 4.79 Å². The minimum Gasteiger partial charge on any atom is -0.325 e. The summed E-state index contributed by atoms with van der Waals surface area (Å²) in [5.74, 6) is 0.0217. The molecule has 0 aliphatic carbocycles. The molecular weight excluding hydrogens is 261 g/mol. The summed E-state index contributed by atoms with van der Waals surface area (Å²) in [5, 5.41) is 9.21. The van der Waals surface area contributed by atoms with Crippen molar-refractivity contribution in [2.75, 3.05) is 25.0 Å². The van der Waals surface area contributed by atoms with E-state index in [0.717, 1.165) is 18.8 Å². The first-order valence-corrected chi connectivity index (χ1v) is 5.16. The van der Waals surface area contributed by atoms with Gasteiger partial charge in [0.05, 0.1) is 6.04 Å². The molecule has 0 saturated carbocycles. The van der Waals surface area contributed by atoms with Crippen molar-refractivity contribution >= 4 is 36.4 Å². The molecule has 1 saturated heterocycles. The maximum Gasteiger partial charge on any atom is 0.242 e. The molecule has 1 atom stereocenters. The molecule has 1 aliphatic rings. The Labute approximate surface area is 113 Å². The predicted octanol–water partition coefficient (Wildman–Crippen LogP) is 1.03. The van der Waals surface area contributed by atoms with E-state index in [9.17, 15) is 4.79 Å². The zero-order chi connectivity index (χ0) is 10.5. The first-order chi connectivity index (χ1) is 7.36. The summed E-state index contributed by atoms with van der Waals surface area (Å²) in [4.78, 5) is 11.8. The van der Waals surface area contributed by atoms with Crippen LogP contribution in [0.25, 0.3) is 0 Å². The molecule has 4 nitrogen and oxygen atoms in total.